The molecule has 1 aliphatic heterocycles. The summed E-state index contributed by atoms with van der Waals surface area (Å²) >= 11 is 1.26. The number of halogens is 4. The highest BCUT2D eigenvalue weighted by Gasteiger charge is 2.44. The summed E-state index contributed by atoms with van der Waals surface area (Å²) in [7, 11) is 0. The highest BCUT2D eigenvalue weighted by atomic mass is 32.2. The van der Waals surface area contributed by atoms with Crippen molar-refractivity contribution < 1.29 is 36.9 Å². The Labute approximate surface area is 222 Å². The van der Waals surface area contributed by atoms with E-state index in [2.05, 4.69) is 19.9 Å². The van der Waals surface area contributed by atoms with E-state index in [9.17, 15) is 22.4 Å². The van der Waals surface area contributed by atoms with E-state index in [-0.39, 0.29) is 23.8 Å². The van der Waals surface area contributed by atoms with Crippen LogP contribution in [0.4, 0.5) is 28.9 Å². The Morgan fingerprint density at radius 3 is 2.55 bits per heavy atom. The molecule has 2 aromatic rings. The zero-order valence-corrected chi connectivity index (χ0v) is 21.5. The molecular formula is C25H30F4N4O4S. The van der Waals surface area contributed by atoms with Gasteiger partial charge in [0.2, 0.25) is 6.86 Å². The maximum atomic E-state index is 13.3. The lowest BCUT2D eigenvalue weighted by atomic mass is 9.93. The number of benzene rings is 1. The summed E-state index contributed by atoms with van der Waals surface area (Å²) in [4.78, 5) is 19.9. The van der Waals surface area contributed by atoms with E-state index in [1.165, 1.54) is 49.2 Å². The smallest absolute Gasteiger partial charge is 0.392 e. The Hall–Kier alpha value is -2.77. The summed E-state index contributed by atoms with van der Waals surface area (Å²) in [5.41, 5.74) is 1.75. The summed E-state index contributed by atoms with van der Waals surface area (Å²) in [6, 6.07) is 5.91. The number of hydrogen-bond donors (Lipinski definition) is 3. The molecule has 0 atom stereocenters. The predicted octanol–water partition coefficient (Wildman–Crippen LogP) is 4.94. The van der Waals surface area contributed by atoms with Gasteiger partial charge in [-0.2, -0.15) is 13.2 Å². The van der Waals surface area contributed by atoms with Crippen LogP contribution in [0, 0.1) is 5.41 Å². The molecule has 2 aliphatic rings. The van der Waals surface area contributed by atoms with Crippen molar-refractivity contribution in [3.05, 3.63) is 36.0 Å². The molecule has 1 aliphatic carbocycles. The number of rotatable bonds is 12. The first-order chi connectivity index (χ1) is 18.2. The Morgan fingerprint density at radius 1 is 1.13 bits per heavy atom. The quantitative estimate of drug-likeness (QED) is 0.192. The zero-order chi connectivity index (χ0) is 27.2. The normalized spacial score (nSPS) is 16.4. The minimum Gasteiger partial charge on any atom is -0.489 e. The molecule has 1 amide bonds. The van der Waals surface area contributed by atoms with Crippen molar-refractivity contribution in [2.75, 3.05) is 49.9 Å². The Morgan fingerprint density at radius 2 is 1.89 bits per heavy atom. The molecule has 1 aromatic carbocycles. The molecule has 2 fully saturated rings. The monoisotopic (exact) mass is 558 g/mol. The third-order valence-electron chi connectivity index (χ3n) is 6.67. The van der Waals surface area contributed by atoms with E-state index in [0.717, 1.165) is 31.6 Å². The molecular weight excluding hydrogens is 528 g/mol. The Bertz CT molecular complexity index is 1110. The molecule has 0 radical (unpaired) electrons. The highest BCUT2D eigenvalue weighted by molar-refractivity contribution is 7.97. The lowest BCUT2D eigenvalue weighted by molar-refractivity contribution is -0.139. The molecule has 13 heteroatoms. The molecule has 3 N–H and O–H groups in total. The van der Waals surface area contributed by atoms with E-state index < -0.39 is 32.0 Å². The van der Waals surface area contributed by atoms with Crippen molar-refractivity contribution in [1.29, 1.82) is 0 Å². The summed E-state index contributed by atoms with van der Waals surface area (Å²) < 4.78 is 63.4. The number of nitrogens with one attached hydrogen (secondary N) is 2. The second-order valence-corrected chi connectivity index (χ2v) is 10.2. The van der Waals surface area contributed by atoms with Crippen molar-refractivity contribution in [1.82, 2.24) is 9.71 Å². The average molecular weight is 559 g/mol. The first-order valence-corrected chi connectivity index (χ1v) is 13.1. The van der Waals surface area contributed by atoms with Gasteiger partial charge in [0.1, 0.15) is 5.03 Å². The van der Waals surface area contributed by atoms with Gasteiger partial charge in [-0.25, -0.2) is 9.37 Å². The topological polar surface area (TPSA) is 96.0 Å². The molecule has 4 rings (SSSR count). The highest BCUT2D eigenvalue weighted by Crippen LogP contribution is 2.54. The molecule has 0 unspecified atom stereocenters. The number of piperidine rings is 1. The fourth-order valence-corrected chi connectivity index (χ4v) is 4.96. The van der Waals surface area contributed by atoms with Gasteiger partial charge in [0, 0.05) is 37.6 Å². The van der Waals surface area contributed by atoms with E-state index in [1.807, 2.05) is 6.07 Å². The van der Waals surface area contributed by atoms with Crippen LogP contribution in [0.15, 0.2) is 35.5 Å². The number of carbonyl (C=O) groups is 1. The third kappa shape index (κ3) is 7.64. The minimum absolute atomic E-state index is 0.0222. The number of carbonyl (C=O) groups excluding carboxylic acids is 1. The summed E-state index contributed by atoms with van der Waals surface area (Å²) in [6.07, 6.45) is 0.464. The number of aliphatic hydroxyl groups is 1. The van der Waals surface area contributed by atoms with Gasteiger partial charge in [-0.1, -0.05) is 0 Å². The van der Waals surface area contributed by atoms with E-state index in [1.54, 1.807) is 0 Å². The lowest BCUT2D eigenvalue weighted by Gasteiger charge is -2.34. The van der Waals surface area contributed by atoms with Crippen LogP contribution in [-0.4, -0.2) is 61.9 Å². The number of pyridine rings is 1. The Balaban J connectivity index is 1.52. The summed E-state index contributed by atoms with van der Waals surface area (Å²) in [6.45, 7) is 0.107. The van der Waals surface area contributed by atoms with Gasteiger partial charge in [-0.05, 0) is 61.2 Å². The van der Waals surface area contributed by atoms with Crippen molar-refractivity contribution in [2.45, 2.75) is 43.3 Å². The molecule has 1 aromatic heterocycles. The number of aliphatic hydroxyl groups excluding tert-OH is 1. The van der Waals surface area contributed by atoms with Crippen molar-refractivity contribution in [3.8, 4) is 11.5 Å². The lowest BCUT2D eigenvalue weighted by Crippen LogP contribution is -2.35. The standard InChI is InChI=1S/C25H30F4N4O4S/c26-16-37-20-2-1-17(13-21(20)36-12-7-25(27,28)29)32-23(35)18-15-30-22(38-31-8-11-34)14-19(18)33-9-5-24(3-4-24)6-10-33/h1-2,13-15,31,34H,3-12,16H2,(H,32,35). The summed E-state index contributed by atoms with van der Waals surface area (Å²) in [5, 5.41) is 12.4. The van der Waals surface area contributed by atoms with Gasteiger partial charge >= 0.3 is 6.18 Å². The maximum absolute atomic E-state index is 13.3. The van der Waals surface area contributed by atoms with Gasteiger partial charge in [-0.15, -0.1) is 0 Å². The van der Waals surface area contributed by atoms with Gasteiger partial charge < -0.3 is 24.8 Å². The van der Waals surface area contributed by atoms with Crippen LogP contribution in [-0.2, 0) is 0 Å². The van der Waals surface area contributed by atoms with Gasteiger partial charge in [0.05, 0.1) is 30.9 Å². The molecule has 208 valence electrons. The molecule has 1 spiro atoms. The fourth-order valence-electron chi connectivity index (χ4n) is 4.34. The molecule has 8 nitrogen and oxygen atoms in total. The first-order valence-electron chi connectivity index (χ1n) is 12.3. The maximum Gasteiger partial charge on any atom is 0.392 e. The number of aromatic nitrogens is 1. The second kappa shape index (κ2) is 12.4. The van der Waals surface area contributed by atoms with Crippen LogP contribution >= 0.6 is 11.9 Å². The number of hydrogen-bond acceptors (Lipinski definition) is 8. The van der Waals surface area contributed by atoms with Gasteiger partial charge in [0.15, 0.2) is 11.5 Å². The zero-order valence-electron chi connectivity index (χ0n) is 20.7. The van der Waals surface area contributed by atoms with Crippen LogP contribution in [0.3, 0.4) is 0 Å². The fraction of sp³-hybridized carbons (Fsp3) is 0.520. The summed E-state index contributed by atoms with van der Waals surface area (Å²) in [5.74, 6) is -0.649. The average Bonchev–Trinajstić information content (AvgIpc) is 3.64. The van der Waals surface area contributed by atoms with Crippen LogP contribution in [0.2, 0.25) is 0 Å². The van der Waals surface area contributed by atoms with Crippen molar-refractivity contribution in [3.63, 3.8) is 0 Å². The minimum atomic E-state index is -4.41. The van der Waals surface area contributed by atoms with Gasteiger partial charge in [-0.3, -0.25) is 9.52 Å². The Kier molecular flexibility index (Phi) is 9.21. The number of nitrogens with zero attached hydrogens (tertiary/aromatic N) is 2. The number of amides is 1. The second-order valence-electron chi connectivity index (χ2n) is 9.33. The van der Waals surface area contributed by atoms with E-state index >= 15 is 0 Å². The number of anilines is 2. The predicted molar refractivity (Wildman–Crippen MR) is 135 cm³/mol. The molecule has 38 heavy (non-hydrogen) atoms. The molecule has 1 saturated carbocycles. The largest absolute Gasteiger partial charge is 0.489 e. The van der Waals surface area contributed by atoms with Crippen LogP contribution in [0.1, 0.15) is 42.5 Å². The van der Waals surface area contributed by atoms with Crippen molar-refractivity contribution in [2.24, 2.45) is 5.41 Å². The molecule has 0 bridgehead atoms. The number of alkyl halides is 4. The number of ether oxygens (including phenoxy) is 2. The third-order valence-corrected chi connectivity index (χ3v) is 7.45. The van der Waals surface area contributed by atoms with Crippen LogP contribution in [0.5, 0.6) is 11.5 Å². The van der Waals surface area contributed by atoms with E-state index in [4.69, 9.17) is 14.6 Å². The van der Waals surface area contributed by atoms with E-state index in [0.29, 0.717) is 22.5 Å². The van der Waals surface area contributed by atoms with Crippen molar-refractivity contribution >= 4 is 29.2 Å². The van der Waals surface area contributed by atoms with Gasteiger partial charge in [0.25, 0.3) is 5.91 Å². The van der Waals surface area contributed by atoms with Crippen LogP contribution < -0.4 is 24.4 Å². The molecule has 2 heterocycles. The SMILES string of the molecule is O=C(Nc1ccc(OCF)c(OCCC(F)(F)F)c1)c1cnc(SNCCO)cc1N1CCC2(CC1)CC2. The first kappa shape index (κ1) is 28.2. The van der Waals surface area contributed by atoms with Crippen LogP contribution in [0.25, 0.3) is 0 Å². The molecule has 1 saturated heterocycles.